The van der Waals surface area contributed by atoms with E-state index in [1.165, 1.54) is 0 Å². The zero-order chi connectivity index (χ0) is 21.6. The van der Waals surface area contributed by atoms with Gasteiger partial charge in [-0.3, -0.25) is 0 Å². The molecule has 170 valence electrons. The number of benzene rings is 1. The Labute approximate surface area is 180 Å². The van der Waals surface area contributed by atoms with Crippen LogP contribution in [0, 0.1) is 5.92 Å². The van der Waals surface area contributed by atoms with E-state index in [0.717, 1.165) is 18.4 Å². The third-order valence-corrected chi connectivity index (χ3v) is 8.49. The highest BCUT2D eigenvalue weighted by Crippen LogP contribution is 2.39. The summed E-state index contributed by atoms with van der Waals surface area (Å²) in [6, 6.07) is 9.91. The summed E-state index contributed by atoms with van der Waals surface area (Å²) in [4.78, 5) is 0. The fraction of sp³-hybridized carbons (Fsp3) is 0.739. The largest absolute Gasteiger partial charge is 0.374 e. The molecule has 1 heterocycles. The Morgan fingerprint density at radius 2 is 1.83 bits per heavy atom. The number of aliphatic hydroxyl groups is 1. The minimum absolute atomic E-state index is 0.0287. The van der Waals surface area contributed by atoms with E-state index in [1.54, 1.807) is 0 Å². The molecule has 0 amide bonds. The van der Waals surface area contributed by atoms with E-state index in [-0.39, 0.29) is 23.9 Å². The second-order valence-electron chi connectivity index (χ2n) is 8.51. The van der Waals surface area contributed by atoms with Gasteiger partial charge in [0, 0.05) is 13.0 Å². The van der Waals surface area contributed by atoms with Crippen LogP contribution < -0.4 is 0 Å². The monoisotopic (exact) mass is 440 g/mol. The van der Waals surface area contributed by atoms with E-state index >= 15 is 0 Å². The first-order valence-electron chi connectivity index (χ1n) is 11.3. The first kappa shape index (κ1) is 23.7. The SMILES string of the molecule is CCCOC1C(OCc2ccccc2)CC(C2CCC(O)O2)CC1S(=O)(=O)CCC. The molecule has 0 radical (unpaired) electrons. The standard InChI is InChI=1S/C23H36O6S/c1-3-12-27-23-20(28-16-17-8-6-5-7-9-17)14-18(19-10-11-22(24)29-19)15-21(23)30(25,26)13-4-2/h5-9,18-24H,3-4,10-16H2,1-2H3. The van der Waals surface area contributed by atoms with Crippen molar-refractivity contribution in [2.24, 2.45) is 5.92 Å². The Morgan fingerprint density at radius 3 is 2.47 bits per heavy atom. The van der Waals surface area contributed by atoms with Crippen LogP contribution in [-0.4, -0.2) is 55.7 Å². The van der Waals surface area contributed by atoms with Gasteiger partial charge in [-0.2, -0.15) is 0 Å². The second-order valence-corrected chi connectivity index (χ2v) is 10.9. The van der Waals surface area contributed by atoms with Crippen molar-refractivity contribution in [3.05, 3.63) is 35.9 Å². The maximum atomic E-state index is 13.2. The molecule has 6 atom stereocenters. The van der Waals surface area contributed by atoms with Crippen molar-refractivity contribution in [2.45, 2.75) is 88.8 Å². The lowest BCUT2D eigenvalue weighted by Gasteiger charge is -2.42. The van der Waals surface area contributed by atoms with Gasteiger partial charge in [0.1, 0.15) is 6.10 Å². The molecular formula is C23H36O6S. The number of ether oxygens (including phenoxy) is 3. The Bertz CT molecular complexity index is 737. The van der Waals surface area contributed by atoms with Crippen LogP contribution in [0.25, 0.3) is 0 Å². The molecule has 30 heavy (non-hydrogen) atoms. The zero-order valence-corrected chi connectivity index (χ0v) is 18.9. The van der Waals surface area contributed by atoms with Crippen LogP contribution in [0.2, 0.25) is 0 Å². The van der Waals surface area contributed by atoms with Crippen molar-refractivity contribution < 1.29 is 27.7 Å². The normalized spacial score (nSPS) is 32.4. The van der Waals surface area contributed by atoms with E-state index in [0.29, 0.717) is 38.9 Å². The van der Waals surface area contributed by atoms with E-state index in [2.05, 4.69) is 0 Å². The first-order chi connectivity index (χ1) is 14.4. The third-order valence-electron chi connectivity index (χ3n) is 6.13. The third kappa shape index (κ3) is 6.04. The average Bonchev–Trinajstić information content (AvgIpc) is 3.17. The summed E-state index contributed by atoms with van der Waals surface area (Å²) >= 11 is 0. The number of aliphatic hydroxyl groups excluding tert-OH is 1. The lowest BCUT2D eigenvalue weighted by atomic mass is 9.80. The molecule has 0 bridgehead atoms. The molecule has 2 fully saturated rings. The molecule has 1 aliphatic carbocycles. The zero-order valence-electron chi connectivity index (χ0n) is 18.1. The minimum Gasteiger partial charge on any atom is -0.374 e. The topological polar surface area (TPSA) is 82.1 Å². The van der Waals surface area contributed by atoms with E-state index in [4.69, 9.17) is 14.2 Å². The molecule has 6 nitrogen and oxygen atoms in total. The number of hydrogen-bond donors (Lipinski definition) is 1. The highest BCUT2D eigenvalue weighted by Gasteiger charge is 2.48. The van der Waals surface area contributed by atoms with Crippen molar-refractivity contribution in [1.82, 2.24) is 0 Å². The minimum atomic E-state index is -3.33. The maximum absolute atomic E-state index is 13.2. The summed E-state index contributed by atoms with van der Waals surface area (Å²) in [6.45, 7) is 4.84. The molecule has 1 N–H and O–H groups in total. The average molecular weight is 441 g/mol. The van der Waals surface area contributed by atoms with Gasteiger partial charge in [-0.25, -0.2) is 8.42 Å². The summed E-state index contributed by atoms with van der Waals surface area (Å²) < 4.78 is 44.5. The molecule has 2 aliphatic rings. The molecule has 0 aromatic heterocycles. The molecule has 3 rings (SSSR count). The van der Waals surface area contributed by atoms with E-state index < -0.39 is 27.5 Å². The van der Waals surface area contributed by atoms with Gasteiger partial charge in [0.15, 0.2) is 16.1 Å². The fourth-order valence-corrected chi connectivity index (χ4v) is 6.77. The van der Waals surface area contributed by atoms with Gasteiger partial charge in [0.05, 0.1) is 29.8 Å². The smallest absolute Gasteiger partial charge is 0.155 e. The van der Waals surface area contributed by atoms with Gasteiger partial charge in [-0.1, -0.05) is 44.2 Å². The Morgan fingerprint density at radius 1 is 1.07 bits per heavy atom. The quantitative estimate of drug-likeness (QED) is 0.600. The highest BCUT2D eigenvalue weighted by molar-refractivity contribution is 7.92. The van der Waals surface area contributed by atoms with Crippen LogP contribution in [-0.2, 0) is 30.7 Å². The predicted octanol–water partition coefficient (Wildman–Crippen LogP) is 3.47. The van der Waals surface area contributed by atoms with E-state index in [1.807, 2.05) is 44.2 Å². The second kappa shape index (κ2) is 11.0. The number of sulfone groups is 1. The van der Waals surface area contributed by atoms with Gasteiger partial charge in [0.2, 0.25) is 0 Å². The molecule has 6 unspecified atom stereocenters. The summed E-state index contributed by atoms with van der Waals surface area (Å²) in [5, 5.41) is 9.22. The summed E-state index contributed by atoms with van der Waals surface area (Å²) in [5.74, 6) is 0.177. The Hall–Kier alpha value is -0.990. The molecule has 1 aliphatic heterocycles. The molecule has 1 saturated heterocycles. The lowest BCUT2D eigenvalue weighted by molar-refractivity contribution is -0.141. The molecular weight excluding hydrogens is 404 g/mol. The van der Waals surface area contributed by atoms with Crippen LogP contribution in [0.15, 0.2) is 30.3 Å². The molecule has 1 saturated carbocycles. The van der Waals surface area contributed by atoms with Crippen LogP contribution in [0.4, 0.5) is 0 Å². The predicted molar refractivity (Wildman–Crippen MR) is 116 cm³/mol. The molecule has 7 heteroatoms. The van der Waals surface area contributed by atoms with Gasteiger partial charge >= 0.3 is 0 Å². The summed E-state index contributed by atoms with van der Waals surface area (Å²) in [5.41, 5.74) is 1.05. The molecule has 1 aromatic carbocycles. The van der Waals surface area contributed by atoms with Crippen LogP contribution in [0.5, 0.6) is 0 Å². The highest BCUT2D eigenvalue weighted by atomic mass is 32.2. The van der Waals surface area contributed by atoms with Gasteiger partial charge in [-0.05, 0) is 43.6 Å². The Balaban J connectivity index is 1.83. The van der Waals surface area contributed by atoms with Crippen molar-refractivity contribution in [2.75, 3.05) is 12.4 Å². The van der Waals surface area contributed by atoms with Crippen LogP contribution in [0.3, 0.4) is 0 Å². The number of rotatable bonds is 10. The van der Waals surface area contributed by atoms with Gasteiger partial charge in [0.25, 0.3) is 0 Å². The van der Waals surface area contributed by atoms with Gasteiger partial charge < -0.3 is 19.3 Å². The van der Waals surface area contributed by atoms with Crippen LogP contribution >= 0.6 is 0 Å². The van der Waals surface area contributed by atoms with Crippen molar-refractivity contribution in [1.29, 1.82) is 0 Å². The first-order valence-corrected chi connectivity index (χ1v) is 13.0. The van der Waals surface area contributed by atoms with Crippen molar-refractivity contribution in [3.63, 3.8) is 0 Å². The van der Waals surface area contributed by atoms with Crippen molar-refractivity contribution in [3.8, 4) is 0 Å². The summed E-state index contributed by atoms with van der Waals surface area (Å²) in [7, 11) is -3.33. The van der Waals surface area contributed by atoms with Gasteiger partial charge in [-0.15, -0.1) is 0 Å². The summed E-state index contributed by atoms with van der Waals surface area (Å²) in [6.07, 6.45) is 2.24. The van der Waals surface area contributed by atoms with E-state index in [9.17, 15) is 13.5 Å². The number of hydrogen-bond acceptors (Lipinski definition) is 6. The fourth-order valence-electron chi connectivity index (χ4n) is 4.69. The maximum Gasteiger partial charge on any atom is 0.155 e. The lowest BCUT2D eigenvalue weighted by Crippen LogP contribution is -2.53. The Kier molecular flexibility index (Phi) is 8.72. The molecule has 1 aromatic rings. The van der Waals surface area contributed by atoms with Crippen molar-refractivity contribution >= 4 is 9.84 Å². The molecule has 0 spiro atoms. The van der Waals surface area contributed by atoms with Crippen LogP contribution in [0.1, 0.15) is 57.9 Å².